The van der Waals surface area contributed by atoms with Crippen LogP contribution in [0.15, 0.2) is 6.07 Å². The Balaban J connectivity index is 2.02. The van der Waals surface area contributed by atoms with E-state index in [1.165, 1.54) is 6.07 Å². The highest BCUT2D eigenvalue weighted by Gasteiger charge is 2.48. The zero-order valence-electron chi connectivity index (χ0n) is 13.0. The number of pyridine rings is 1. The number of rotatable bonds is 7. The molecule has 1 fully saturated rings. The van der Waals surface area contributed by atoms with Crippen molar-refractivity contribution < 1.29 is 28.9 Å². The number of nitrogens with zero attached hydrogens (tertiary/aromatic N) is 1. The summed E-state index contributed by atoms with van der Waals surface area (Å²) < 4.78 is 15.4. The summed E-state index contributed by atoms with van der Waals surface area (Å²) in [4.78, 5) is 27.1. The molecule has 0 spiro atoms. The fraction of sp³-hybridized carbons (Fsp3) is 0.500. The summed E-state index contributed by atoms with van der Waals surface area (Å²) in [6, 6.07) is 1.39. The number of nitrogens with one attached hydrogen (secondary N) is 1. The molecule has 1 amide bonds. The van der Waals surface area contributed by atoms with Gasteiger partial charge < -0.3 is 24.6 Å². The van der Waals surface area contributed by atoms with Crippen LogP contribution in [-0.4, -0.2) is 53.5 Å². The van der Waals surface area contributed by atoms with Gasteiger partial charge in [-0.05, 0) is 19.9 Å². The maximum Gasteiger partial charge on any atom is 0.340 e. The molecule has 1 saturated heterocycles. The molecule has 0 saturated carbocycles. The predicted molar refractivity (Wildman–Crippen MR) is 85.8 cm³/mol. The van der Waals surface area contributed by atoms with Crippen LogP contribution in [0, 0.1) is 0 Å². The lowest BCUT2D eigenvalue weighted by Crippen LogP contribution is -2.58. The predicted octanol–water partition coefficient (Wildman–Crippen LogP) is 1.98. The minimum Gasteiger partial charge on any atom is -0.479 e. The summed E-state index contributed by atoms with van der Waals surface area (Å²) in [5.41, 5.74) is -1.49. The number of aliphatic carboxylic acids is 1. The second kappa shape index (κ2) is 7.52. The van der Waals surface area contributed by atoms with Crippen LogP contribution in [-0.2, 0) is 19.1 Å². The molecule has 2 rings (SSSR count). The summed E-state index contributed by atoms with van der Waals surface area (Å²) in [6.45, 7) is 2.88. The normalized spacial score (nSPS) is 15.7. The monoisotopic (exact) mass is 378 g/mol. The van der Waals surface area contributed by atoms with Crippen molar-refractivity contribution in [3.63, 3.8) is 0 Å². The topological polar surface area (TPSA) is 107 Å². The van der Waals surface area contributed by atoms with Crippen molar-refractivity contribution in [3.05, 3.63) is 16.1 Å². The highest BCUT2D eigenvalue weighted by atomic mass is 35.5. The van der Waals surface area contributed by atoms with E-state index in [9.17, 15) is 9.59 Å². The molecule has 1 aromatic rings. The summed E-state index contributed by atoms with van der Waals surface area (Å²) in [6.07, 6.45) is -0.169. The number of carboxylic acids is 1. The van der Waals surface area contributed by atoms with Gasteiger partial charge in [0.1, 0.15) is 11.6 Å². The molecule has 0 aromatic carbocycles. The van der Waals surface area contributed by atoms with Crippen LogP contribution in [0.1, 0.15) is 13.8 Å². The van der Waals surface area contributed by atoms with Gasteiger partial charge in [0.15, 0.2) is 5.82 Å². The Bertz CT molecular complexity index is 648. The zero-order chi connectivity index (χ0) is 17.9. The number of carbonyl (C=O) groups is 2. The minimum atomic E-state index is -1.49. The van der Waals surface area contributed by atoms with Crippen molar-refractivity contribution in [3.8, 4) is 5.88 Å². The van der Waals surface area contributed by atoms with Crippen LogP contribution in [0.3, 0.4) is 0 Å². The largest absolute Gasteiger partial charge is 0.479 e. The molecule has 0 radical (unpaired) electrons. The molecule has 10 heteroatoms. The molecule has 24 heavy (non-hydrogen) atoms. The molecule has 0 unspecified atom stereocenters. The Morgan fingerprint density at radius 2 is 2.08 bits per heavy atom. The summed E-state index contributed by atoms with van der Waals surface area (Å²) in [7, 11) is 0. The third kappa shape index (κ3) is 4.27. The SMILES string of the molecule is CC(C)Oc1nc(NC(=O)COC2(C(=O)O)COC2)c(Cl)cc1Cl. The maximum atomic E-state index is 12.0. The average molecular weight is 379 g/mol. The third-order valence-electron chi connectivity index (χ3n) is 3.04. The highest BCUT2D eigenvalue weighted by molar-refractivity contribution is 6.37. The zero-order valence-corrected chi connectivity index (χ0v) is 14.5. The molecule has 2 N–H and O–H groups in total. The van der Waals surface area contributed by atoms with Gasteiger partial charge in [-0.25, -0.2) is 4.79 Å². The molecular formula is C14H16Cl2N2O6. The number of anilines is 1. The van der Waals surface area contributed by atoms with Crippen molar-refractivity contribution >= 4 is 40.9 Å². The number of halogens is 2. The van der Waals surface area contributed by atoms with Gasteiger partial charge in [-0.15, -0.1) is 0 Å². The van der Waals surface area contributed by atoms with Crippen LogP contribution >= 0.6 is 23.2 Å². The van der Waals surface area contributed by atoms with E-state index in [4.69, 9.17) is 42.5 Å². The van der Waals surface area contributed by atoms with Crippen LogP contribution in [0.5, 0.6) is 5.88 Å². The van der Waals surface area contributed by atoms with Crippen LogP contribution in [0.2, 0.25) is 10.0 Å². The molecule has 132 valence electrons. The maximum absolute atomic E-state index is 12.0. The van der Waals surface area contributed by atoms with Crippen molar-refractivity contribution in [1.82, 2.24) is 4.98 Å². The second-order valence-corrected chi connectivity index (χ2v) is 6.22. The highest BCUT2D eigenvalue weighted by Crippen LogP contribution is 2.31. The first kappa shape index (κ1) is 18.7. The number of hydrogen-bond donors (Lipinski definition) is 2. The van der Waals surface area contributed by atoms with E-state index < -0.39 is 24.1 Å². The third-order valence-corrected chi connectivity index (χ3v) is 3.60. The van der Waals surface area contributed by atoms with Crippen molar-refractivity contribution in [1.29, 1.82) is 0 Å². The number of ether oxygens (including phenoxy) is 3. The minimum absolute atomic E-state index is 0.0413. The number of carboxylic acid groups (broad SMARTS) is 1. The standard InChI is InChI=1S/C14H16Cl2N2O6/c1-7(2)24-12-9(16)3-8(15)11(18-12)17-10(19)4-23-14(13(20)21)5-22-6-14/h3,7H,4-6H2,1-2H3,(H,20,21)(H,17,18,19). The van der Waals surface area contributed by atoms with Crippen LogP contribution in [0.25, 0.3) is 0 Å². The summed E-state index contributed by atoms with van der Waals surface area (Å²) in [5, 5.41) is 11.8. The Morgan fingerprint density at radius 3 is 2.58 bits per heavy atom. The molecule has 0 aliphatic carbocycles. The van der Waals surface area contributed by atoms with E-state index in [2.05, 4.69) is 10.3 Å². The van der Waals surface area contributed by atoms with Gasteiger partial charge in [-0.3, -0.25) is 4.79 Å². The van der Waals surface area contributed by atoms with E-state index in [-0.39, 0.29) is 41.1 Å². The average Bonchev–Trinajstić information content (AvgIpc) is 2.42. The number of hydrogen-bond acceptors (Lipinski definition) is 6. The first-order valence-electron chi connectivity index (χ1n) is 7.01. The van der Waals surface area contributed by atoms with E-state index in [0.717, 1.165) is 0 Å². The van der Waals surface area contributed by atoms with Gasteiger partial charge in [-0.1, -0.05) is 23.2 Å². The van der Waals surface area contributed by atoms with E-state index in [1.807, 2.05) is 0 Å². The molecular weight excluding hydrogens is 363 g/mol. The molecule has 0 bridgehead atoms. The van der Waals surface area contributed by atoms with E-state index in [0.29, 0.717) is 0 Å². The van der Waals surface area contributed by atoms with Crippen LogP contribution < -0.4 is 10.1 Å². The lowest BCUT2D eigenvalue weighted by atomic mass is 10.0. The smallest absolute Gasteiger partial charge is 0.340 e. The van der Waals surface area contributed by atoms with E-state index >= 15 is 0 Å². The van der Waals surface area contributed by atoms with Gasteiger partial charge in [-0.2, -0.15) is 4.98 Å². The van der Waals surface area contributed by atoms with Crippen molar-refractivity contribution in [2.45, 2.75) is 25.6 Å². The Hall–Kier alpha value is -1.61. The molecule has 2 heterocycles. The quantitative estimate of drug-likeness (QED) is 0.746. The molecule has 1 aromatic heterocycles. The summed E-state index contributed by atoms with van der Waals surface area (Å²) in [5.74, 6) is -1.63. The number of carbonyl (C=O) groups excluding carboxylic acids is 1. The van der Waals surface area contributed by atoms with Gasteiger partial charge in [0.2, 0.25) is 11.5 Å². The molecule has 0 atom stereocenters. The summed E-state index contributed by atoms with van der Waals surface area (Å²) >= 11 is 12.0. The Kier molecular flexibility index (Phi) is 5.87. The van der Waals surface area contributed by atoms with Gasteiger partial charge in [0.05, 0.1) is 24.3 Å². The molecule has 8 nitrogen and oxygen atoms in total. The van der Waals surface area contributed by atoms with Crippen molar-refractivity contribution in [2.75, 3.05) is 25.1 Å². The number of amides is 1. The first-order chi connectivity index (χ1) is 11.2. The lowest BCUT2D eigenvalue weighted by Gasteiger charge is -2.36. The lowest BCUT2D eigenvalue weighted by molar-refractivity contribution is -0.222. The Labute approximate surface area is 148 Å². The van der Waals surface area contributed by atoms with Gasteiger partial charge in [0.25, 0.3) is 5.91 Å². The van der Waals surface area contributed by atoms with Gasteiger partial charge >= 0.3 is 5.97 Å². The molecule has 1 aliphatic rings. The first-order valence-corrected chi connectivity index (χ1v) is 7.77. The Morgan fingerprint density at radius 1 is 1.42 bits per heavy atom. The van der Waals surface area contributed by atoms with E-state index in [1.54, 1.807) is 13.8 Å². The fourth-order valence-electron chi connectivity index (χ4n) is 1.77. The van der Waals surface area contributed by atoms with Crippen LogP contribution in [0.4, 0.5) is 5.82 Å². The second-order valence-electron chi connectivity index (χ2n) is 5.40. The van der Waals surface area contributed by atoms with Crippen molar-refractivity contribution in [2.24, 2.45) is 0 Å². The molecule has 1 aliphatic heterocycles. The fourth-order valence-corrected chi connectivity index (χ4v) is 2.22. The van der Waals surface area contributed by atoms with Gasteiger partial charge in [0, 0.05) is 0 Å². The number of aromatic nitrogens is 1.